The van der Waals surface area contributed by atoms with Gasteiger partial charge in [-0.3, -0.25) is 9.59 Å². The fourth-order valence-electron chi connectivity index (χ4n) is 2.18. The fraction of sp³-hybridized carbons (Fsp3) is 0.353. The average molecular weight is 353 g/mol. The number of H-pyrrole nitrogens is 1. The topological polar surface area (TPSA) is 74.8 Å². The largest absolute Gasteiger partial charge is 0.416 e. The highest BCUT2D eigenvalue weighted by molar-refractivity contribution is 5.92. The van der Waals surface area contributed by atoms with Gasteiger partial charge in [0.25, 0.3) is 11.5 Å². The van der Waals surface area contributed by atoms with E-state index in [0.717, 1.165) is 18.2 Å². The van der Waals surface area contributed by atoms with E-state index in [1.165, 1.54) is 12.1 Å². The Balaban J connectivity index is 2.16. The van der Waals surface area contributed by atoms with Gasteiger partial charge in [0.1, 0.15) is 11.5 Å². The summed E-state index contributed by atoms with van der Waals surface area (Å²) in [4.78, 5) is 30.6. The van der Waals surface area contributed by atoms with Crippen LogP contribution in [-0.4, -0.2) is 15.9 Å². The van der Waals surface area contributed by atoms with Crippen LogP contribution in [0, 0.1) is 0 Å². The quantitative estimate of drug-likeness (QED) is 0.885. The lowest BCUT2D eigenvalue weighted by molar-refractivity contribution is -0.137. The molecule has 1 aromatic carbocycles. The van der Waals surface area contributed by atoms with Gasteiger partial charge in [-0.2, -0.15) is 13.2 Å². The summed E-state index contributed by atoms with van der Waals surface area (Å²) in [6.07, 6.45) is -4.41. The van der Waals surface area contributed by atoms with E-state index in [-0.39, 0.29) is 11.6 Å². The Bertz CT molecular complexity index is 811. The molecule has 1 amide bonds. The summed E-state index contributed by atoms with van der Waals surface area (Å²) in [5, 5.41) is 2.63. The molecule has 5 nitrogen and oxygen atoms in total. The summed E-state index contributed by atoms with van der Waals surface area (Å²) < 4.78 is 37.7. The number of amides is 1. The van der Waals surface area contributed by atoms with Crippen LogP contribution in [0.4, 0.5) is 13.2 Å². The standard InChI is InChI=1S/C17H18F3N3O2/c1-9(2)15-22-13(8-14(24)23-15)16(25)21-10(3)11-4-6-12(7-5-11)17(18,19)20/h4-10H,1-3H3,(H,21,25)(H,22,23,24). The molecule has 25 heavy (non-hydrogen) atoms. The van der Waals surface area contributed by atoms with Crippen LogP contribution in [0.15, 0.2) is 35.1 Å². The van der Waals surface area contributed by atoms with Crippen molar-refractivity contribution < 1.29 is 18.0 Å². The Morgan fingerprint density at radius 3 is 2.28 bits per heavy atom. The summed E-state index contributed by atoms with van der Waals surface area (Å²) in [6.45, 7) is 5.28. The molecular weight excluding hydrogens is 335 g/mol. The second kappa shape index (κ2) is 7.08. The molecule has 2 rings (SSSR count). The van der Waals surface area contributed by atoms with Gasteiger partial charge in [0.15, 0.2) is 0 Å². The third-order valence-electron chi connectivity index (χ3n) is 3.63. The molecule has 1 heterocycles. The number of alkyl halides is 3. The summed E-state index contributed by atoms with van der Waals surface area (Å²) in [7, 11) is 0. The molecule has 2 N–H and O–H groups in total. The van der Waals surface area contributed by atoms with Crippen molar-refractivity contribution in [3.63, 3.8) is 0 Å². The number of carbonyl (C=O) groups is 1. The molecule has 0 aliphatic rings. The number of hydrogen-bond donors (Lipinski definition) is 2. The first-order chi connectivity index (χ1) is 11.6. The van der Waals surface area contributed by atoms with Crippen LogP contribution in [-0.2, 0) is 6.18 Å². The van der Waals surface area contributed by atoms with Crippen molar-refractivity contribution in [2.45, 2.75) is 38.9 Å². The minimum Gasteiger partial charge on any atom is -0.344 e. The predicted octanol–water partition coefficient (Wildman–Crippen LogP) is 3.40. The zero-order valence-corrected chi connectivity index (χ0v) is 13.9. The molecule has 0 saturated carbocycles. The Morgan fingerprint density at radius 2 is 1.76 bits per heavy atom. The van der Waals surface area contributed by atoms with Crippen LogP contribution in [0.2, 0.25) is 0 Å². The van der Waals surface area contributed by atoms with E-state index in [4.69, 9.17) is 0 Å². The van der Waals surface area contributed by atoms with Crippen molar-refractivity contribution in [1.82, 2.24) is 15.3 Å². The molecule has 1 unspecified atom stereocenters. The molecule has 8 heteroatoms. The second-order valence-corrected chi connectivity index (χ2v) is 5.99. The minimum absolute atomic E-state index is 0.0359. The highest BCUT2D eigenvalue weighted by atomic mass is 19.4. The first-order valence-corrected chi connectivity index (χ1v) is 7.67. The monoisotopic (exact) mass is 353 g/mol. The van der Waals surface area contributed by atoms with Crippen LogP contribution in [0.1, 0.15) is 60.2 Å². The lowest BCUT2D eigenvalue weighted by atomic mass is 10.1. The first-order valence-electron chi connectivity index (χ1n) is 7.67. The number of carbonyl (C=O) groups excluding carboxylic acids is 1. The molecule has 2 aromatic rings. The normalized spacial score (nSPS) is 12.9. The fourth-order valence-corrected chi connectivity index (χ4v) is 2.18. The molecule has 0 aliphatic carbocycles. The van der Waals surface area contributed by atoms with Crippen LogP contribution in [0.5, 0.6) is 0 Å². The molecule has 0 spiro atoms. The van der Waals surface area contributed by atoms with Gasteiger partial charge in [-0.25, -0.2) is 4.98 Å². The number of aromatic nitrogens is 2. The van der Waals surface area contributed by atoms with E-state index in [2.05, 4.69) is 15.3 Å². The van der Waals surface area contributed by atoms with E-state index < -0.39 is 29.2 Å². The smallest absolute Gasteiger partial charge is 0.344 e. The Morgan fingerprint density at radius 1 is 1.16 bits per heavy atom. The maximum Gasteiger partial charge on any atom is 0.416 e. The molecule has 0 radical (unpaired) electrons. The summed E-state index contributed by atoms with van der Waals surface area (Å²) in [5.41, 5.74) is -0.722. The number of hydrogen-bond acceptors (Lipinski definition) is 3. The molecule has 1 aromatic heterocycles. The van der Waals surface area contributed by atoms with Gasteiger partial charge in [-0.15, -0.1) is 0 Å². The molecular formula is C17H18F3N3O2. The maximum absolute atomic E-state index is 12.6. The lowest BCUT2D eigenvalue weighted by Gasteiger charge is -2.15. The van der Waals surface area contributed by atoms with E-state index in [1.807, 2.05) is 13.8 Å². The SMILES string of the molecule is CC(C)c1nc(C(=O)NC(C)c2ccc(C(F)(F)F)cc2)cc(=O)[nH]1. The predicted molar refractivity (Wildman–Crippen MR) is 86.3 cm³/mol. The molecule has 0 aliphatic heterocycles. The molecule has 1 atom stereocenters. The number of benzene rings is 1. The lowest BCUT2D eigenvalue weighted by Crippen LogP contribution is -2.29. The zero-order chi connectivity index (χ0) is 18.8. The average Bonchev–Trinajstić information content (AvgIpc) is 2.53. The summed E-state index contributed by atoms with van der Waals surface area (Å²) in [5.74, 6) is -0.243. The second-order valence-electron chi connectivity index (χ2n) is 5.99. The molecule has 0 bridgehead atoms. The van der Waals surface area contributed by atoms with E-state index in [9.17, 15) is 22.8 Å². The van der Waals surface area contributed by atoms with Crippen LogP contribution in [0.3, 0.4) is 0 Å². The van der Waals surface area contributed by atoms with Gasteiger partial charge in [0, 0.05) is 12.0 Å². The van der Waals surface area contributed by atoms with Gasteiger partial charge >= 0.3 is 6.18 Å². The third-order valence-corrected chi connectivity index (χ3v) is 3.63. The van der Waals surface area contributed by atoms with Crippen molar-refractivity contribution in [2.75, 3.05) is 0 Å². The van der Waals surface area contributed by atoms with Crippen LogP contribution in [0.25, 0.3) is 0 Å². The summed E-state index contributed by atoms with van der Waals surface area (Å²) in [6, 6.07) is 5.07. The van der Waals surface area contributed by atoms with E-state index in [0.29, 0.717) is 11.4 Å². The van der Waals surface area contributed by atoms with Crippen molar-refractivity contribution in [2.24, 2.45) is 0 Å². The van der Waals surface area contributed by atoms with Gasteiger partial charge in [0.2, 0.25) is 0 Å². The highest BCUT2D eigenvalue weighted by Crippen LogP contribution is 2.29. The Kier molecular flexibility index (Phi) is 5.30. The molecule has 134 valence electrons. The van der Waals surface area contributed by atoms with Crippen LogP contribution < -0.4 is 10.9 Å². The van der Waals surface area contributed by atoms with Crippen molar-refractivity contribution in [3.8, 4) is 0 Å². The van der Waals surface area contributed by atoms with Gasteiger partial charge in [0.05, 0.1) is 11.6 Å². The van der Waals surface area contributed by atoms with Crippen molar-refractivity contribution in [3.05, 3.63) is 63.3 Å². The highest BCUT2D eigenvalue weighted by Gasteiger charge is 2.30. The van der Waals surface area contributed by atoms with Gasteiger partial charge in [-0.05, 0) is 24.6 Å². The number of aromatic amines is 1. The van der Waals surface area contributed by atoms with E-state index >= 15 is 0 Å². The summed E-state index contributed by atoms with van der Waals surface area (Å²) >= 11 is 0. The number of nitrogens with zero attached hydrogens (tertiary/aromatic N) is 1. The minimum atomic E-state index is -4.41. The number of rotatable bonds is 4. The van der Waals surface area contributed by atoms with Crippen molar-refractivity contribution >= 4 is 5.91 Å². The molecule has 0 fully saturated rings. The van der Waals surface area contributed by atoms with Gasteiger partial charge in [-0.1, -0.05) is 26.0 Å². The third kappa shape index (κ3) is 4.68. The van der Waals surface area contributed by atoms with Crippen molar-refractivity contribution in [1.29, 1.82) is 0 Å². The maximum atomic E-state index is 12.6. The molecule has 0 saturated heterocycles. The number of nitrogens with one attached hydrogen (secondary N) is 2. The van der Waals surface area contributed by atoms with E-state index in [1.54, 1.807) is 6.92 Å². The Labute approximate surface area is 142 Å². The first kappa shape index (κ1) is 18.7. The number of halogens is 3. The van der Waals surface area contributed by atoms with Gasteiger partial charge < -0.3 is 10.3 Å². The van der Waals surface area contributed by atoms with Crippen LogP contribution >= 0.6 is 0 Å². The zero-order valence-electron chi connectivity index (χ0n) is 13.9. The Hall–Kier alpha value is -2.64.